The number of hydrogen-bond acceptors (Lipinski definition) is 4. The van der Waals surface area contributed by atoms with E-state index >= 15 is 0 Å². The summed E-state index contributed by atoms with van der Waals surface area (Å²) < 4.78 is 22.0. The predicted molar refractivity (Wildman–Crippen MR) is 56.5 cm³/mol. The third kappa shape index (κ3) is 2.34. The van der Waals surface area contributed by atoms with E-state index in [1.807, 2.05) is 0 Å². The average molecular weight is 268 g/mol. The molecule has 1 rings (SSSR count). The van der Waals surface area contributed by atoms with E-state index in [1.54, 1.807) is 6.07 Å². The van der Waals surface area contributed by atoms with Gasteiger partial charge in [0.15, 0.2) is 0 Å². The fourth-order valence-electron chi connectivity index (χ4n) is 0.819. The maximum atomic E-state index is 11.0. The average Bonchev–Trinajstić information content (AvgIpc) is 2.02. The van der Waals surface area contributed by atoms with Gasteiger partial charge in [-0.25, -0.2) is 8.42 Å². The smallest absolute Gasteiger partial charge is 0.207 e. The van der Waals surface area contributed by atoms with Crippen molar-refractivity contribution in [3.8, 4) is 6.07 Å². The van der Waals surface area contributed by atoms with E-state index in [1.165, 1.54) is 6.07 Å². The second kappa shape index (κ2) is 3.99. The van der Waals surface area contributed by atoms with Crippen LogP contribution in [0.4, 0.5) is 0 Å². The summed E-state index contributed by atoms with van der Waals surface area (Å²) in [7, 11) is 1.17. The highest BCUT2D eigenvalue weighted by Gasteiger charge is 2.17. The van der Waals surface area contributed by atoms with Crippen LogP contribution >= 0.6 is 34.9 Å². The van der Waals surface area contributed by atoms with Crippen LogP contribution in [-0.4, -0.2) is 8.42 Å². The van der Waals surface area contributed by atoms with Crippen molar-refractivity contribution in [2.45, 2.75) is 9.79 Å². The van der Waals surface area contributed by atoms with Crippen molar-refractivity contribution in [2.24, 2.45) is 0 Å². The summed E-state index contributed by atoms with van der Waals surface area (Å²) in [5.74, 6) is 0. The lowest BCUT2D eigenvalue weighted by atomic mass is 10.2. The van der Waals surface area contributed by atoms with Gasteiger partial charge in [-0.3, -0.25) is 0 Å². The van der Waals surface area contributed by atoms with E-state index in [4.69, 9.17) is 27.5 Å². The normalized spacial score (nSPS) is 11.0. The van der Waals surface area contributed by atoms with Crippen molar-refractivity contribution in [2.75, 3.05) is 0 Å². The Balaban J connectivity index is 3.58. The van der Waals surface area contributed by atoms with Gasteiger partial charge in [0.1, 0.15) is 11.0 Å². The van der Waals surface area contributed by atoms with Crippen molar-refractivity contribution in [3.05, 3.63) is 22.7 Å². The highest BCUT2D eigenvalue weighted by molar-refractivity contribution is 8.13. The van der Waals surface area contributed by atoms with Crippen LogP contribution in [0.1, 0.15) is 5.56 Å². The first-order valence-electron chi connectivity index (χ1n) is 3.23. The number of nitriles is 1. The highest BCUT2D eigenvalue weighted by Crippen LogP contribution is 2.29. The summed E-state index contributed by atoms with van der Waals surface area (Å²) in [5, 5.41) is 8.57. The Morgan fingerprint density at radius 1 is 1.43 bits per heavy atom. The quantitative estimate of drug-likeness (QED) is 0.628. The summed E-state index contributed by atoms with van der Waals surface area (Å²) in [4.78, 5) is 0.0248. The molecule has 0 fully saturated rings. The molecule has 3 nitrogen and oxygen atoms in total. The van der Waals surface area contributed by atoms with E-state index in [0.29, 0.717) is 4.90 Å². The van der Waals surface area contributed by atoms with Crippen molar-refractivity contribution in [1.82, 2.24) is 0 Å². The zero-order valence-corrected chi connectivity index (χ0v) is 9.75. The first-order valence-corrected chi connectivity index (χ1v) is 6.37. The number of nitrogens with zero attached hydrogens (tertiary/aromatic N) is 1. The Morgan fingerprint density at radius 2 is 2.00 bits per heavy atom. The molecule has 0 spiro atoms. The second-order valence-corrected chi connectivity index (χ2v) is 5.77. The summed E-state index contributed by atoms with van der Waals surface area (Å²) in [6.07, 6.45) is 0. The molecular weight excluding hydrogens is 265 g/mol. The lowest BCUT2D eigenvalue weighted by molar-refractivity contribution is 0.609. The number of benzene rings is 1. The Bertz CT molecular complexity index is 519. The van der Waals surface area contributed by atoms with Crippen LogP contribution in [0.15, 0.2) is 21.9 Å². The first-order chi connectivity index (χ1) is 6.36. The van der Waals surface area contributed by atoms with Gasteiger partial charge in [0.2, 0.25) is 0 Å². The fourth-order valence-corrected chi connectivity index (χ4v) is 2.66. The molecule has 74 valence electrons. The van der Waals surface area contributed by atoms with Gasteiger partial charge in [-0.05, 0) is 12.1 Å². The molecule has 0 atom stereocenters. The van der Waals surface area contributed by atoms with Crippen LogP contribution in [-0.2, 0) is 9.05 Å². The van der Waals surface area contributed by atoms with Crippen molar-refractivity contribution in [1.29, 1.82) is 5.26 Å². The van der Waals surface area contributed by atoms with Crippen LogP contribution < -0.4 is 0 Å². The van der Waals surface area contributed by atoms with Crippen LogP contribution in [0, 0.1) is 11.3 Å². The zero-order valence-electron chi connectivity index (χ0n) is 6.53. The SMILES string of the molecule is N#Cc1cc(S(=O)(=O)Cl)c(Cl)cc1S. The minimum absolute atomic E-state index is 0.0519. The summed E-state index contributed by atoms with van der Waals surface area (Å²) >= 11 is 9.57. The Kier molecular flexibility index (Phi) is 3.32. The molecule has 7 heteroatoms. The lowest BCUT2D eigenvalue weighted by Gasteiger charge is -2.02. The second-order valence-electron chi connectivity index (χ2n) is 2.35. The Labute approximate surface area is 96.1 Å². The summed E-state index contributed by atoms with van der Waals surface area (Å²) in [6, 6.07) is 4.13. The van der Waals surface area contributed by atoms with Gasteiger partial charge < -0.3 is 0 Å². The lowest BCUT2D eigenvalue weighted by Crippen LogP contribution is -1.93. The maximum absolute atomic E-state index is 11.0. The fraction of sp³-hybridized carbons (Fsp3) is 0. The predicted octanol–water partition coefficient (Wildman–Crippen LogP) is 2.43. The Morgan fingerprint density at radius 3 is 2.43 bits per heavy atom. The molecule has 0 aliphatic rings. The van der Waals surface area contributed by atoms with Crippen LogP contribution in [0.5, 0.6) is 0 Å². The first kappa shape index (κ1) is 11.7. The molecule has 0 unspecified atom stereocenters. The molecule has 1 aromatic carbocycles. The van der Waals surface area contributed by atoms with Gasteiger partial charge in [-0.15, -0.1) is 12.6 Å². The molecule has 0 N–H and O–H groups in total. The third-order valence-corrected chi connectivity index (χ3v) is 3.59. The van der Waals surface area contributed by atoms with E-state index < -0.39 is 9.05 Å². The van der Waals surface area contributed by atoms with E-state index in [9.17, 15) is 8.42 Å². The topological polar surface area (TPSA) is 57.9 Å². The molecule has 14 heavy (non-hydrogen) atoms. The van der Waals surface area contributed by atoms with Gasteiger partial charge >= 0.3 is 0 Å². The molecule has 0 saturated heterocycles. The van der Waals surface area contributed by atoms with Crippen LogP contribution in [0.25, 0.3) is 0 Å². The third-order valence-electron chi connectivity index (χ3n) is 1.43. The maximum Gasteiger partial charge on any atom is 0.262 e. The van der Waals surface area contributed by atoms with Gasteiger partial charge in [-0.2, -0.15) is 5.26 Å². The molecule has 0 bridgehead atoms. The molecule has 0 saturated carbocycles. The largest absolute Gasteiger partial charge is 0.262 e. The van der Waals surface area contributed by atoms with Gasteiger partial charge in [0, 0.05) is 15.6 Å². The Hall–Kier alpha value is -0.410. The van der Waals surface area contributed by atoms with E-state index in [-0.39, 0.29) is 15.5 Å². The van der Waals surface area contributed by atoms with E-state index in [2.05, 4.69) is 12.6 Å². The van der Waals surface area contributed by atoms with Crippen molar-refractivity contribution in [3.63, 3.8) is 0 Å². The van der Waals surface area contributed by atoms with Gasteiger partial charge in [0.25, 0.3) is 9.05 Å². The van der Waals surface area contributed by atoms with Crippen molar-refractivity contribution >= 4 is 44.0 Å². The number of hydrogen-bond donors (Lipinski definition) is 1. The zero-order chi connectivity index (χ0) is 10.9. The van der Waals surface area contributed by atoms with Crippen molar-refractivity contribution < 1.29 is 8.42 Å². The highest BCUT2D eigenvalue weighted by atomic mass is 35.7. The molecule has 0 heterocycles. The molecular formula is C7H3Cl2NO2S2. The summed E-state index contributed by atoms with van der Waals surface area (Å²) in [5.41, 5.74) is 0.108. The molecule has 0 radical (unpaired) electrons. The molecule has 0 aliphatic heterocycles. The molecule has 0 amide bonds. The van der Waals surface area contributed by atoms with Gasteiger partial charge in [0.05, 0.1) is 10.6 Å². The van der Waals surface area contributed by atoms with Crippen LogP contribution in [0.3, 0.4) is 0 Å². The number of rotatable bonds is 1. The minimum atomic E-state index is -3.93. The minimum Gasteiger partial charge on any atom is -0.207 e. The molecule has 0 aromatic heterocycles. The van der Waals surface area contributed by atoms with Crippen LogP contribution in [0.2, 0.25) is 5.02 Å². The molecule has 1 aromatic rings. The molecule has 0 aliphatic carbocycles. The summed E-state index contributed by atoms with van der Waals surface area (Å²) in [6.45, 7) is 0. The monoisotopic (exact) mass is 267 g/mol. The van der Waals surface area contributed by atoms with Gasteiger partial charge in [-0.1, -0.05) is 11.6 Å². The standard InChI is InChI=1S/C7H3Cl2NO2S2/c8-5-2-6(13)4(3-10)1-7(5)14(9,11)12/h1-2,13H. The van der Waals surface area contributed by atoms with E-state index in [0.717, 1.165) is 6.07 Å². The number of thiol groups is 1. The number of halogens is 2.